The van der Waals surface area contributed by atoms with Crippen LogP contribution in [0.4, 0.5) is 34.4 Å². The zero-order valence-corrected chi connectivity index (χ0v) is 36.8. The summed E-state index contributed by atoms with van der Waals surface area (Å²) in [5.41, 5.74) is 8.28. The second kappa shape index (κ2) is 14.5. The molecule has 0 saturated carbocycles. The number of para-hydroxylation sites is 2. The van der Waals surface area contributed by atoms with Gasteiger partial charge >= 0.3 is 0 Å². The van der Waals surface area contributed by atoms with Crippen LogP contribution >= 0.6 is 0 Å². The molecule has 322 valence electrons. The molecule has 69 heavy (non-hydrogen) atoms. The second-order valence-corrected chi connectivity index (χ2v) is 17.7. The Balaban J connectivity index is 0.933. The quantitative estimate of drug-likeness (QED) is 0.154. The molecular formula is C62H36N4O3. The van der Waals surface area contributed by atoms with Gasteiger partial charge in [-0.2, -0.15) is 4.98 Å². The highest BCUT2D eigenvalue weighted by Crippen LogP contribution is 2.46. The molecule has 0 atom stereocenters. The summed E-state index contributed by atoms with van der Waals surface area (Å²) >= 11 is 0. The number of hydrogen-bond donors (Lipinski definition) is 0. The Morgan fingerprint density at radius 3 is 1.29 bits per heavy atom. The number of nitrogens with zero attached hydrogens (tertiary/aromatic N) is 4. The second-order valence-electron chi connectivity index (χ2n) is 17.7. The lowest BCUT2D eigenvalue weighted by atomic mass is 9.99. The Bertz CT molecular complexity index is 4310. The first kappa shape index (κ1) is 37.7. The molecule has 0 saturated heterocycles. The van der Waals surface area contributed by atoms with Gasteiger partial charge in [-0.25, -0.2) is 4.98 Å². The predicted octanol–water partition coefficient (Wildman–Crippen LogP) is 17.7. The number of pyridine rings is 2. The number of aromatic nitrogens is 2. The topological polar surface area (TPSA) is 71.7 Å². The fourth-order valence-electron chi connectivity index (χ4n) is 10.7. The molecule has 0 unspecified atom stereocenters. The van der Waals surface area contributed by atoms with Crippen LogP contribution in [0.2, 0.25) is 0 Å². The minimum absolute atomic E-state index is 0.507. The molecular weight excluding hydrogens is 849 g/mol. The van der Waals surface area contributed by atoms with Crippen molar-refractivity contribution in [2.45, 2.75) is 0 Å². The first-order chi connectivity index (χ1) is 34.2. The molecule has 7 nitrogen and oxygen atoms in total. The first-order valence-corrected chi connectivity index (χ1v) is 23.1. The molecule has 7 heteroatoms. The van der Waals surface area contributed by atoms with E-state index in [0.717, 1.165) is 110 Å². The molecule has 0 aliphatic heterocycles. The monoisotopic (exact) mass is 884 g/mol. The van der Waals surface area contributed by atoms with Crippen molar-refractivity contribution >= 4 is 143 Å². The normalized spacial score (nSPS) is 12.1. The van der Waals surface area contributed by atoms with Gasteiger partial charge in [-0.05, 0) is 93.0 Å². The lowest BCUT2D eigenvalue weighted by Crippen LogP contribution is -2.12. The van der Waals surface area contributed by atoms with Gasteiger partial charge in [0.2, 0.25) is 5.71 Å². The van der Waals surface area contributed by atoms with E-state index in [9.17, 15) is 0 Å². The van der Waals surface area contributed by atoms with Gasteiger partial charge in [-0.1, -0.05) is 133 Å². The van der Waals surface area contributed by atoms with E-state index >= 15 is 0 Å². The van der Waals surface area contributed by atoms with Crippen LogP contribution in [0.3, 0.4) is 0 Å². The standard InChI is InChI=1S/C62H36N4O3/c1-3-15-41-37(13-1)31-53(45-19-7-5-17-43(41)45)65(39-25-27-49-47-21-9-11-23-55(47)67-57(49)33-39)60-30-29-51-52-36-63-61(35-59(52)69-62(51)64-60)66(40-26-28-50-48-22-10-12-24-56(48)68-58(50)34-40)54-32-38-14-2-4-16-42(38)44-18-6-8-20-46(44)54/h1-36H. The third-order valence-electron chi connectivity index (χ3n) is 13.9. The predicted molar refractivity (Wildman–Crippen MR) is 283 cm³/mol. The molecule has 0 N–H and O–H groups in total. The minimum Gasteiger partial charge on any atom is -0.456 e. The summed E-state index contributed by atoms with van der Waals surface area (Å²) in [6.07, 6.45) is 1.91. The van der Waals surface area contributed by atoms with Crippen LogP contribution in [-0.4, -0.2) is 9.97 Å². The van der Waals surface area contributed by atoms with E-state index in [2.05, 4.69) is 180 Å². The zero-order valence-electron chi connectivity index (χ0n) is 36.8. The maximum atomic E-state index is 6.87. The summed E-state index contributed by atoms with van der Waals surface area (Å²) in [6, 6.07) is 74.2. The Morgan fingerprint density at radius 1 is 0.290 bits per heavy atom. The van der Waals surface area contributed by atoms with Gasteiger partial charge in [-0.3, -0.25) is 9.80 Å². The number of furan rings is 3. The van der Waals surface area contributed by atoms with Crippen LogP contribution in [0.5, 0.6) is 0 Å². The molecule has 0 aliphatic rings. The van der Waals surface area contributed by atoms with E-state index < -0.39 is 0 Å². The average Bonchev–Trinajstić information content (AvgIpc) is 4.09. The highest BCUT2D eigenvalue weighted by atomic mass is 16.3. The van der Waals surface area contributed by atoms with Crippen molar-refractivity contribution in [3.05, 3.63) is 219 Å². The number of rotatable bonds is 6. The number of anilines is 6. The van der Waals surface area contributed by atoms with E-state index in [4.69, 9.17) is 23.2 Å². The Hall–Kier alpha value is -9.46. The summed E-state index contributed by atoms with van der Waals surface area (Å²) in [7, 11) is 0. The largest absolute Gasteiger partial charge is 0.456 e. The van der Waals surface area contributed by atoms with Gasteiger partial charge in [0.05, 0.1) is 22.7 Å². The van der Waals surface area contributed by atoms with Gasteiger partial charge in [-0.15, -0.1) is 0 Å². The molecule has 15 rings (SSSR count). The van der Waals surface area contributed by atoms with Crippen molar-refractivity contribution in [1.29, 1.82) is 0 Å². The van der Waals surface area contributed by atoms with Gasteiger partial charge in [0.15, 0.2) is 0 Å². The van der Waals surface area contributed by atoms with Crippen molar-refractivity contribution < 1.29 is 13.3 Å². The summed E-state index contributed by atoms with van der Waals surface area (Å²) in [5.74, 6) is 1.40. The molecule has 0 radical (unpaired) electrons. The van der Waals surface area contributed by atoms with Crippen LogP contribution in [-0.2, 0) is 0 Å². The average molecular weight is 885 g/mol. The van der Waals surface area contributed by atoms with Crippen LogP contribution in [0.25, 0.3) is 109 Å². The number of benzene rings is 10. The summed E-state index contributed by atoms with van der Waals surface area (Å²) < 4.78 is 19.8. The summed E-state index contributed by atoms with van der Waals surface area (Å²) in [6.45, 7) is 0. The van der Waals surface area contributed by atoms with E-state index in [0.29, 0.717) is 22.9 Å². The molecule has 0 amide bonds. The van der Waals surface area contributed by atoms with Gasteiger partial charge in [0.1, 0.15) is 39.6 Å². The third kappa shape index (κ3) is 5.74. The Morgan fingerprint density at radius 2 is 0.725 bits per heavy atom. The first-order valence-electron chi connectivity index (χ1n) is 23.1. The van der Waals surface area contributed by atoms with Crippen LogP contribution in [0, 0.1) is 0 Å². The number of fused-ring (bicyclic) bond motifs is 15. The molecule has 0 aliphatic carbocycles. The van der Waals surface area contributed by atoms with E-state index in [1.807, 2.05) is 48.7 Å². The summed E-state index contributed by atoms with van der Waals surface area (Å²) in [5, 5.41) is 15.2. The van der Waals surface area contributed by atoms with E-state index in [1.54, 1.807) is 0 Å². The maximum Gasteiger partial charge on any atom is 0.229 e. The van der Waals surface area contributed by atoms with Crippen molar-refractivity contribution in [2.24, 2.45) is 0 Å². The number of hydrogen-bond acceptors (Lipinski definition) is 7. The van der Waals surface area contributed by atoms with Crippen molar-refractivity contribution in [1.82, 2.24) is 9.97 Å². The molecule has 5 heterocycles. The Kier molecular flexibility index (Phi) is 7.94. The molecule has 15 aromatic rings. The minimum atomic E-state index is 0.507. The lowest BCUT2D eigenvalue weighted by molar-refractivity contribution is 0.654. The fourth-order valence-corrected chi connectivity index (χ4v) is 10.7. The van der Waals surface area contributed by atoms with Crippen molar-refractivity contribution in [2.75, 3.05) is 9.80 Å². The molecule has 0 spiro atoms. The van der Waals surface area contributed by atoms with Crippen LogP contribution < -0.4 is 9.80 Å². The van der Waals surface area contributed by atoms with Crippen molar-refractivity contribution in [3.63, 3.8) is 0 Å². The zero-order chi connectivity index (χ0) is 45.2. The van der Waals surface area contributed by atoms with Crippen LogP contribution in [0.1, 0.15) is 0 Å². The molecule has 0 bridgehead atoms. The smallest absolute Gasteiger partial charge is 0.229 e. The van der Waals surface area contributed by atoms with E-state index in [1.165, 1.54) is 10.8 Å². The van der Waals surface area contributed by atoms with Gasteiger partial charge in [0, 0.05) is 67.5 Å². The van der Waals surface area contributed by atoms with E-state index in [-0.39, 0.29) is 0 Å². The molecule has 10 aromatic carbocycles. The molecule has 5 aromatic heterocycles. The van der Waals surface area contributed by atoms with Gasteiger partial charge < -0.3 is 13.3 Å². The SMILES string of the molecule is c1ccc2c(c1)cc(N(c1ccc3c(c1)oc1ccccc13)c1cc3oc4nc(N(c5ccc6c(c5)oc5ccccc56)c5cc6ccccc6c6ccccc56)ccc4c3cn1)c1ccccc12. The van der Waals surface area contributed by atoms with Gasteiger partial charge in [0.25, 0.3) is 0 Å². The summed E-state index contributed by atoms with van der Waals surface area (Å²) in [4.78, 5) is 15.0. The maximum absolute atomic E-state index is 6.87. The van der Waals surface area contributed by atoms with Crippen molar-refractivity contribution in [3.8, 4) is 0 Å². The van der Waals surface area contributed by atoms with Crippen LogP contribution in [0.15, 0.2) is 232 Å². The third-order valence-corrected chi connectivity index (χ3v) is 13.9. The highest BCUT2D eigenvalue weighted by molar-refractivity contribution is 6.17. The lowest BCUT2D eigenvalue weighted by Gasteiger charge is -2.26. The molecule has 0 fully saturated rings. The highest BCUT2D eigenvalue weighted by Gasteiger charge is 2.24. The fraction of sp³-hybridized carbons (Fsp3) is 0. The Labute approximate surface area is 393 Å².